The molecule has 0 bridgehead atoms. The van der Waals surface area contributed by atoms with E-state index in [1.165, 1.54) is 0 Å². The highest BCUT2D eigenvalue weighted by molar-refractivity contribution is 5.92. The summed E-state index contributed by atoms with van der Waals surface area (Å²) < 4.78 is 0. The minimum Gasteiger partial charge on any atom is -0.338 e. The molecule has 0 saturated carbocycles. The molecule has 0 unspecified atom stereocenters. The first-order valence-corrected chi connectivity index (χ1v) is 8.94. The summed E-state index contributed by atoms with van der Waals surface area (Å²) in [6, 6.07) is 7.37. The molecule has 1 fully saturated rings. The van der Waals surface area contributed by atoms with Gasteiger partial charge in [-0.2, -0.15) is 0 Å². The molecular formula is C18H29N5O2. The minimum absolute atomic E-state index is 0.201. The zero-order valence-electron chi connectivity index (χ0n) is 15.3. The summed E-state index contributed by atoms with van der Waals surface area (Å²) in [7, 11) is 0. The number of carbonyl (C=O) groups is 2. The van der Waals surface area contributed by atoms with E-state index in [4.69, 9.17) is 0 Å². The van der Waals surface area contributed by atoms with Gasteiger partial charge < -0.3 is 26.2 Å². The van der Waals surface area contributed by atoms with Crippen LogP contribution in [0.5, 0.6) is 0 Å². The van der Waals surface area contributed by atoms with Crippen LogP contribution in [0.25, 0.3) is 0 Å². The van der Waals surface area contributed by atoms with Gasteiger partial charge in [0.1, 0.15) is 0 Å². The molecule has 1 saturated heterocycles. The van der Waals surface area contributed by atoms with Crippen molar-refractivity contribution >= 4 is 23.4 Å². The molecule has 138 valence electrons. The predicted octanol–water partition coefficient (Wildman–Crippen LogP) is 2.82. The Balaban J connectivity index is 1.81. The number of anilines is 2. The van der Waals surface area contributed by atoms with Crippen LogP contribution in [0.1, 0.15) is 33.6 Å². The van der Waals surface area contributed by atoms with Crippen LogP contribution in [0.15, 0.2) is 24.3 Å². The van der Waals surface area contributed by atoms with Crippen molar-refractivity contribution in [1.29, 1.82) is 0 Å². The molecule has 2 rings (SSSR count). The number of nitrogens with zero attached hydrogens (tertiary/aromatic N) is 1. The Labute approximate surface area is 149 Å². The molecule has 0 aromatic heterocycles. The third kappa shape index (κ3) is 6.26. The maximum atomic E-state index is 12.2. The van der Waals surface area contributed by atoms with Gasteiger partial charge in [-0.15, -0.1) is 0 Å². The van der Waals surface area contributed by atoms with Crippen molar-refractivity contribution < 1.29 is 9.59 Å². The van der Waals surface area contributed by atoms with Crippen molar-refractivity contribution in [1.82, 2.24) is 15.5 Å². The summed E-state index contributed by atoms with van der Waals surface area (Å²) in [6.07, 6.45) is 1.93. The first-order valence-electron chi connectivity index (χ1n) is 8.94. The fraction of sp³-hybridized carbons (Fsp3) is 0.556. The summed E-state index contributed by atoms with van der Waals surface area (Å²) in [5.41, 5.74) is 1.28. The number of hydrogen-bond donors (Lipinski definition) is 4. The van der Waals surface area contributed by atoms with Crippen LogP contribution in [0.2, 0.25) is 0 Å². The lowest BCUT2D eigenvalue weighted by Gasteiger charge is -2.34. The van der Waals surface area contributed by atoms with Crippen LogP contribution in [-0.4, -0.2) is 48.7 Å². The van der Waals surface area contributed by atoms with Crippen molar-refractivity contribution in [3.05, 3.63) is 24.3 Å². The smallest absolute Gasteiger partial charge is 0.319 e. The normalized spacial score (nSPS) is 15.7. The lowest BCUT2D eigenvalue weighted by Crippen LogP contribution is -2.47. The third-order valence-corrected chi connectivity index (χ3v) is 4.31. The molecule has 0 aliphatic carbocycles. The highest BCUT2D eigenvalue weighted by Gasteiger charge is 2.21. The molecule has 1 aliphatic heterocycles. The van der Waals surface area contributed by atoms with E-state index in [1.54, 1.807) is 24.3 Å². The van der Waals surface area contributed by atoms with E-state index < -0.39 is 0 Å². The lowest BCUT2D eigenvalue weighted by atomic mass is 10.0. The first-order chi connectivity index (χ1) is 12.0. The van der Waals surface area contributed by atoms with Gasteiger partial charge in [-0.05, 0) is 51.8 Å². The zero-order valence-corrected chi connectivity index (χ0v) is 15.3. The van der Waals surface area contributed by atoms with Crippen LogP contribution in [0, 0.1) is 0 Å². The second-order valence-electron chi connectivity index (χ2n) is 6.57. The number of piperidine rings is 1. The molecule has 1 aromatic carbocycles. The quantitative estimate of drug-likeness (QED) is 0.661. The number of likely N-dealkylation sites (tertiary alicyclic amines) is 1. The van der Waals surface area contributed by atoms with Gasteiger partial charge in [0, 0.05) is 43.1 Å². The van der Waals surface area contributed by atoms with Gasteiger partial charge in [0.2, 0.25) is 0 Å². The summed E-state index contributed by atoms with van der Waals surface area (Å²) in [6.45, 7) is 8.82. The second kappa shape index (κ2) is 9.27. The Hall–Kier alpha value is -2.28. The van der Waals surface area contributed by atoms with Crippen molar-refractivity contribution in [3.8, 4) is 0 Å². The van der Waals surface area contributed by atoms with Gasteiger partial charge in [0.25, 0.3) is 0 Å². The molecule has 4 N–H and O–H groups in total. The summed E-state index contributed by atoms with van der Waals surface area (Å²) in [5, 5.41) is 11.3. The number of benzene rings is 1. The van der Waals surface area contributed by atoms with E-state index in [2.05, 4.69) is 40.0 Å². The van der Waals surface area contributed by atoms with Gasteiger partial charge >= 0.3 is 12.1 Å². The molecule has 7 nitrogen and oxygen atoms in total. The monoisotopic (exact) mass is 347 g/mol. The topological polar surface area (TPSA) is 85.5 Å². The van der Waals surface area contributed by atoms with E-state index >= 15 is 0 Å². The number of carbonyl (C=O) groups excluding carboxylic acids is 2. The first kappa shape index (κ1) is 19.1. The van der Waals surface area contributed by atoms with E-state index in [9.17, 15) is 9.59 Å². The molecule has 1 heterocycles. The van der Waals surface area contributed by atoms with E-state index in [1.807, 2.05) is 6.92 Å². The highest BCUT2D eigenvalue weighted by atomic mass is 16.2. The fourth-order valence-electron chi connectivity index (χ4n) is 2.92. The van der Waals surface area contributed by atoms with Gasteiger partial charge in [-0.1, -0.05) is 6.07 Å². The molecule has 0 spiro atoms. The minimum atomic E-state index is -0.263. The van der Waals surface area contributed by atoms with Gasteiger partial charge in [0.05, 0.1) is 0 Å². The zero-order chi connectivity index (χ0) is 18.2. The highest BCUT2D eigenvalue weighted by Crippen LogP contribution is 2.16. The van der Waals surface area contributed by atoms with Crippen LogP contribution in [-0.2, 0) is 0 Å². The summed E-state index contributed by atoms with van der Waals surface area (Å²) in [4.78, 5) is 26.2. The van der Waals surface area contributed by atoms with Crippen LogP contribution >= 0.6 is 0 Å². The Morgan fingerprint density at radius 1 is 1.12 bits per heavy atom. The number of nitrogens with one attached hydrogen (secondary N) is 4. The number of amides is 4. The van der Waals surface area contributed by atoms with E-state index in [0.29, 0.717) is 24.0 Å². The van der Waals surface area contributed by atoms with Crippen molar-refractivity contribution in [3.63, 3.8) is 0 Å². The van der Waals surface area contributed by atoms with Crippen LogP contribution < -0.4 is 21.3 Å². The van der Waals surface area contributed by atoms with Crippen molar-refractivity contribution in [2.45, 2.75) is 45.7 Å². The van der Waals surface area contributed by atoms with E-state index in [0.717, 1.165) is 25.9 Å². The maximum absolute atomic E-state index is 12.2. The lowest BCUT2D eigenvalue weighted by molar-refractivity contribution is 0.163. The van der Waals surface area contributed by atoms with Crippen molar-refractivity contribution in [2.75, 3.05) is 30.3 Å². The molecular weight excluding hydrogens is 318 g/mol. The second-order valence-corrected chi connectivity index (χ2v) is 6.57. The molecule has 4 amide bonds. The molecule has 1 aromatic rings. The summed E-state index contributed by atoms with van der Waals surface area (Å²) >= 11 is 0. The average Bonchev–Trinajstić information content (AvgIpc) is 2.55. The van der Waals surface area contributed by atoms with Crippen molar-refractivity contribution in [2.24, 2.45) is 0 Å². The number of rotatable bonds is 5. The van der Waals surface area contributed by atoms with Gasteiger partial charge in [-0.25, -0.2) is 9.59 Å². The molecule has 0 radical (unpaired) electrons. The van der Waals surface area contributed by atoms with E-state index in [-0.39, 0.29) is 18.1 Å². The van der Waals surface area contributed by atoms with Gasteiger partial charge in [-0.3, -0.25) is 0 Å². The molecule has 25 heavy (non-hydrogen) atoms. The van der Waals surface area contributed by atoms with Crippen LogP contribution in [0.4, 0.5) is 21.0 Å². The fourth-order valence-corrected chi connectivity index (χ4v) is 2.92. The third-order valence-electron chi connectivity index (χ3n) is 4.31. The largest absolute Gasteiger partial charge is 0.338 e. The molecule has 1 aliphatic rings. The summed E-state index contributed by atoms with van der Waals surface area (Å²) in [5.74, 6) is 0. The number of hydrogen-bond acceptors (Lipinski definition) is 3. The Morgan fingerprint density at radius 3 is 2.28 bits per heavy atom. The maximum Gasteiger partial charge on any atom is 0.319 e. The molecule has 7 heteroatoms. The Morgan fingerprint density at radius 2 is 1.72 bits per heavy atom. The predicted molar refractivity (Wildman–Crippen MR) is 101 cm³/mol. The van der Waals surface area contributed by atoms with Crippen LogP contribution in [0.3, 0.4) is 0 Å². The molecule has 0 atom stereocenters. The Bertz CT molecular complexity index is 583. The average molecular weight is 347 g/mol. The SMILES string of the molecule is CCNC(=O)Nc1cccc(NC(=O)NC2CCN(C(C)C)CC2)c1. The number of urea groups is 2. The Kier molecular flexibility index (Phi) is 7.06. The standard InChI is InChI=1S/C18H29N5O2/c1-4-19-17(24)21-15-6-5-7-16(12-15)22-18(25)20-14-8-10-23(11-9-14)13(2)3/h5-7,12-14H,4,8-11H2,1-3H3,(H2,19,21,24)(H2,20,22,25). The van der Waals surface area contributed by atoms with Gasteiger partial charge in [0.15, 0.2) is 0 Å².